The Morgan fingerprint density at radius 2 is 2.07 bits per heavy atom. The molecule has 0 saturated carbocycles. The highest BCUT2D eigenvalue weighted by Gasteiger charge is 2.07. The Morgan fingerprint density at radius 1 is 1.33 bits per heavy atom. The molecule has 0 bridgehead atoms. The van der Waals surface area contributed by atoms with Gasteiger partial charge in [-0.25, -0.2) is 4.98 Å². The first-order valence-corrected chi connectivity index (χ1v) is 5.03. The number of halogens is 1. The summed E-state index contributed by atoms with van der Waals surface area (Å²) in [5, 5.41) is 1.73. The molecule has 0 spiro atoms. The molecule has 15 heavy (non-hydrogen) atoms. The zero-order chi connectivity index (χ0) is 11.0. The van der Waals surface area contributed by atoms with Crippen molar-refractivity contribution in [1.82, 2.24) is 4.98 Å². The van der Waals surface area contributed by atoms with Crippen LogP contribution >= 0.6 is 11.6 Å². The van der Waals surface area contributed by atoms with Crippen molar-refractivity contribution in [2.45, 2.75) is 13.8 Å². The summed E-state index contributed by atoms with van der Waals surface area (Å²) >= 11 is 6.12. The van der Waals surface area contributed by atoms with Crippen LogP contribution in [0.2, 0.25) is 5.02 Å². The van der Waals surface area contributed by atoms with Gasteiger partial charge in [0.25, 0.3) is 0 Å². The highest BCUT2D eigenvalue weighted by atomic mass is 35.5. The van der Waals surface area contributed by atoms with Crippen LogP contribution in [0.15, 0.2) is 18.2 Å². The normalized spacial score (nSPS) is 10.6. The van der Waals surface area contributed by atoms with Gasteiger partial charge in [0.1, 0.15) is 5.69 Å². The fraction of sp³-hybridized carbons (Fsp3) is 0.167. The molecule has 1 heterocycles. The van der Waals surface area contributed by atoms with E-state index in [1.807, 2.05) is 26.0 Å². The van der Waals surface area contributed by atoms with E-state index in [0.717, 1.165) is 33.3 Å². The summed E-state index contributed by atoms with van der Waals surface area (Å²) in [4.78, 5) is 14.9. The van der Waals surface area contributed by atoms with E-state index in [1.54, 1.807) is 6.07 Å². The first-order valence-electron chi connectivity index (χ1n) is 4.65. The highest BCUT2D eigenvalue weighted by Crippen LogP contribution is 2.27. The second kappa shape index (κ2) is 3.63. The molecule has 0 saturated heterocycles. The number of pyridine rings is 1. The minimum absolute atomic E-state index is 0.436. The molecule has 2 aromatic rings. The van der Waals surface area contributed by atoms with Gasteiger partial charge in [0.05, 0.1) is 5.52 Å². The van der Waals surface area contributed by atoms with Crippen LogP contribution in [0.5, 0.6) is 0 Å². The molecule has 0 atom stereocenters. The molecule has 0 fully saturated rings. The largest absolute Gasteiger partial charge is 0.296 e. The van der Waals surface area contributed by atoms with Crippen LogP contribution in [0.3, 0.4) is 0 Å². The standard InChI is InChI=1S/C12H10ClNO/c1-7-5-9-3-4-10(6-15)14-12(9)8(2)11(7)13/h3-6H,1-2H3. The van der Waals surface area contributed by atoms with E-state index in [1.165, 1.54) is 0 Å². The number of hydrogen-bond donors (Lipinski definition) is 0. The maximum absolute atomic E-state index is 10.6. The lowest BCUT2D eigenvalue weighted by Gasteiger charge is -2.07. The predicted molar refractivity (Wildman–Crippen MR) is 61.6 cm³/mol. The van der Waals surface area contributed by atoms with Crippen LogP contribution in [0.1, 0.15) is 21.6 Å². The maximum Gasteiger partial charge on any atom is 0.168 e. The Labute approximate surface area is 92.9 Å². The summed E-state index contributed by atoms with van der Waals surface area (Å²) in [6, 6.07) is 5.58. The third-order valence-corrected chi connectivity index (χ3v) is 3.05. The average Bonchev–Trinajstić information content (AvgIpc) is 2.26. The van der Waals surface area contributed by atoms with Crippen molar-refractivity contribution in [3.8, 4) is 0 Å². The Kier molecular flexibility index (Phi) is 2.45. The number of aldehydes is 1. The van der Waals surface area contributed by atoms with Gasteiger partial charge in [-0.1, -0.05) is 17.7 Å². The van der Waals surface area contributed by atoms with E-state index in [0.29, 0.717) is 5.69 Å². The SMILES string of the molecule is Cc1cc2ccc(C=O)nc2c(C)c1Cl. The van der Waals surface area contributed by atoms with Gasteiger partial charge < -0.3 is 0 Å². The van der Waals surface area contributed by atoms with Crippen molar-refractivity contribution in [3.05, 3.63) is 40.0 Å². The van der Waals surface area contributed by atoms with Gasteiger partial charge in [-0.2, -0.15) is 0 Å². The first-order chi connectivity index (χ1) is 7.13. The third-order valence-electron chi connectivity index (χ3n) is 2.47. The van der Waals surface area contributed by atoms with Crippen LogP contribution in [-0.4, -0.2) is 11.3 Å². The number of rotatable bonds is 1. The van der Waals surface area contributed by atoms with Crippen LogP contribution in [0, 0.1) is 13.8 Å². The fourth-order valence-corrected chi connectivity index (χ4v) is 1.81. The summed E-state index contributed by atoms with van der Waals surface area (Å²) < 4.78 is 0. The molecular formula is C12H10ClNO. The summed E-state index contributed by atoms with van der Waals surface area (Å²) in [6.07, 6.45) is 0.743. The van der Waals surface area contributed by atoms with Crippen LogP contribution < -0.4 is 0 Å². The molecular weight excluding hydrogens is 210 g/mol. The zero-order valence-corrected chi connectivity index (χ0v) is 9.30. The zero-order valence-electron chi connectivity index (χ0n) is 8.54. The molecule has 0 aliphatic carbocycles. The van der Waals surface area contributed by atoms with Crippen molar-refractivity contribution in [1.29, 1.82) is 0 Å². The van der Waals surface area contributed by atoms with E-state index in [-0.39, 0.29) is 0 Å². The summed E-state index contributed by atoms with van der Waals surface area (Å²) in [5.74, 6) is 0. The Morgan fingerprint density at radius 3 is 2.73 bits per heavy atom. The number of aryl methyl sites for hydroxylation is 2. The van der Waals surface area contributed by atoms with Crippen molar-refractivity contribution < 1.29 is 4.79 Å². The van der Waals surface area contributed by atoms with Gasteiger partial charge in [0.2, 0.25) is 0 Å². The lowest BCUT2D eigenvalue weighted by Crippen LogP contribution is -1.92. The van der Waals surface area contributed by atoms with Gasteiger partial charge >= 0.3 is 0 Å². The predicted octanol–water partition coefficient (Wildman–Crippen LogP) is 3.32. The number of hydrogen-bond acceptors (Lipinski definition) is 2. The molecule has 0 unspecified atom stereocenters. The number of carbonyl (C=O) groups is 1. The number of nitrogens with zero attached hydrogens (tertiary/aromatic N) is 1. The molecule has 3 heteroatoms. The van der Waals surface area contributed by atoms with Gasteiger partial charge in [-0.05, 0) is 37.1 Å². The third kappa shape index (κ3) is 1.61. The van der Waals surface area contributed by atoms with E-state index in [9.17, 15) is 4.79 Å². The van der Waals surface area contributed by atoms with Crippen LogP contribution in [-0.2, 0) is 0 Å². The van der Waals surface area contributed by atoms with Gasteiger partial charge in [-0.3, -0.25) is 4.79 Å². The lowest BCUT2D eigenvalue weighted by molar-refractivity contribution is 0.111. The summed E-state index contributed by atoms with van der Waals surface area (Å²) in [7, 11) is 0. The average molecular weight is 220 g/mol. The van der Waals surface area contributed by atoms with Crippen molar-refractivity contribution in [2.75, 3.05) is 0 Å². The van der Waals surface area contributed by atoms with Crippen molar-refractivity contribution in [2.24, 2.45) is 0 Å². The smallest absolute Gasteiger partial charge is 0.168 e. The Hall–Kier alpha value is -1.41. The second-order valence-electron chi connectivity index (χ2n) is 3.56. The van der Waals surface area contributed by atoms with E-state index in [4.69, 9.17) is 11.6 Å². The maximum atomic E-state index is 10.6. The molecule has 1 aromatic carbocycles. The highest BCUT2D eigenvalue weighted by molar-refractivity contribution is 6.33. The van der Waals surface area contributed by atoms with Crippen molar-refractivity contribution >= 4 is 28.8 Å². The minimum atomic E-state index is 0.436. The Bertz CT molecular complexity index is 549. The lowest BCUT2D eigenvalue weighted by atomic mass is 10.1. The van der Waals surface area contributed by atoms with Gasteiger partial charge in [0, 0.05) is 10.4 Å². The molecule has 76 valence electrons. The van der Waals surface area contributed by atoms with E-state index in [2.05, 4.69) is 4.98 Å². The first kappa shape index (κ1) is 10.1. The number of carbonyl (C=O) groups excluding carboxylic acids is 1. The monoisotopic (exact) mass is 219 g/mol. The van der Waals surface area contributed by atoms with Gasteiger partial charge in [0.15, 0.2) is 6.29 Å². The number of fused-ring (bicyclic) bond motifs is 1. The molecule has 2 nitrogen and oxygen atoms in total. The molecule has 0 amide bonds. The van der Waals surface area contributed by atoms with E-state index < -0.39 is 0 Å². The minimum Gasteiger partial charge on any atom is -0.296 e. The molecule has 0 aliphatic heterocycles. The van der Waals surface area contributed by atoms with Crippen LogP contribution in [0.4, 0.5) is 0 Å². The van der Waals surface area contributed by atoms with Gasteiger partial charge in [-0.15, -0.1) is 0 Å². The molecule has 2 rings (SSSR count). The fourth-order valence-electron chi connectivity index (χ4n) is 1.66. The van der Waals surface area contributed by atoms with Crippen molar-refractivity contribution in [3.63, 3.8) is 0 Å². The number of benzene rings is 1. The van der Waals surface area contributed by atoms with E-state index >= 15 is 0 Å². The second-order valence-corrected chi connectivity index (χ2v) is 3.94. The summed E-state index contributed by atoms with van der Waals surface area (Å²) in [5.41, 5.74) is 3.19. The quantitative estimate of drug-likeness (QED) is 0.689. The Balaban J connectivity index is 2.87. The summed E-state index contributed by atoms with van der Waals surface area (Å²) in [6.45, 7) is 3.88. The molecule has 0 aliphatic rings. The topological polar surface area (TPSA) is 30.0 Å². The molecule has 0 radical (unpaired) electrons. The van der Waals surface area contributed by atoms with Crippen LogP contribution in [0.25, 0.3) is 10.9 Å². The number of aromatic nitrogens is 1. The molecule has 1 aromatic heterocycles. The molecule has 0 N–H and O–H groups in total.